The Labute approximate surface area is 113 Å². The first-order valence-corrected chi connectivity index (χ1v) is 6.73. The van der Waals surface area contributed by atoms with Gasteiger partial charge in [-0.2, -0.15) is 0 Å². The molecule has 0 unspecified atom stereocenters. The van der Waals surface area contributed by atoms with E-state index >= 15 is 0 Å². The van der Waals surface area contributed by atoms with Crippen LogP contribution >= 0.6 is 0 Å². The van der Waals surface area contributed by atoms with Gasteiger partial charge >= 0.3 is 5.97 Å². The fourth-order valence-electron chi connectivity index (χ4n) is 2.54. The summed E-state index contributed by atoms with van der Waals surface area (Å²) in [4.78, 5) is 23.6. The van der Waals surface area contributed by atoms with Crippen molar-refractivity contribution >= 4 is 17.8 Å². The SMILES string of the molecule is O=C(O)C(=Cc1ccccc1)C(=O)C1CCCCC1. The maximum absolute atomic E-state index is 12.3. The quantitative estimate of drug-likeness (QED) is 0.512. The fourth-order valence-corrected chi connectivity index (χ4v) is 2.54. The van der Waals surface area contributed by atoms with Crippen LogP contribution in [0.4, 0.5) is 0 Å². The van der Waals surface area contributed by atoms with Crippen molar-refractivity contribution in [2.75, 3.05) is 0 Å². The maximum Gasteiger partial charge on any atom is 0.339 e. The first-order chi connectivity index (χ1) is 9.18. The zero-order chi connectivity index (χ0) is 13.7. The zero-order valence-electron chi connectivity index (χ0n) is 10.8. The molecule has 0 bridgehead atoms. The molecule has 3 heteroatoms. The smallest absolute Gasteiger partial charge is 0.339 e. The number of hydrogen-bond donors (Lipinski definition) is 1. The average Bonchev–Trinajstić information content (AvgIpc) is 2.46. The van der Waals surface area contributed by atoms with Gasteiger partial charge in [-0.05, 0) is 24.5 Å². The topological polar surface area (TPSA) is 54.4 Å². The third kappa shape index (κ3) is 3.53. The van der Waals surface area contributed by atoms with E-state index in [1.807, 2.05) is 18.2 Å². The molecule has 1 aliphatic carbocycles. The van der Waals surface area contributed by atoms with Gasteiger partial charge in [0.15, 0.2) is 5.78 Å². The Morgan fingerprint density at radius 1 is 1.05 bits per heavy atom. The summed E-state index contributed by atoms with van der Waals surface area (Å²) < 4.78 is 0. The molecule has 0 radical (unpaired) electrons. The van der Waals surface area contributed by atoms with E-state index in [2.05, 4.69) is 0 Å². The van der Waals surface area contributed by atoms with E-state index in [1.165, 1.54) is 6.08 Å². The molecule has 0 aliphatic heterocycles. The summed E-state index contributed by atoms with van der Waals surface area (Å²) in [7, 11) is 0. The molecule has 19 heavy (non-hydrogen) atoms. The fraction of sp³-hybridized carbons (Fsp3) is 0.375. The number of carboxylic acid groups (broad SMARTS) is 1. The molecule has 1 aromatic rings. The molecular weight excluding hydrogens is 240 g/mol. The van der Waals surface area contributed by atoms with Gasteiger partial charge in [0.05, 0.1) is 0 Å². The largest absolute Gasteiger partial charge is 0.478 e. The van der Waals surface area contributed by atoms with Crippen molar-refractivity contribution in [1.82, 2.24) is 0 Å². The van der Waals surface area contributed by atoms with Crippen molar-refractivity contribution in [2.24, 2.45) is 5.92 Å². The van der Waals surface area contributed by atoms with Gasteiger partial charge in [0.25, 0.3) is 0 Å². The lowest BCUT2D eigenvalue weighted by Gasteiger charge is -2.20. The van der Waals surface area contributed by atoms with E-state index in [9.17, 15) is 14.7 Å². The predicted octanol–water partition coefficient (Wildman–Crippen LogP) is 3.30. The van der Waals surface area contributed by atoms with Crippen LogP contribution in [0.15, 0.2) is 35.9 Å². The van der Waals surface area contributed by atoms with Crippen LogP contribution in [-0.4, -0.2) is 16.9 Å². The lowest BCUT2D eigenvalue weighted by Crippen LogP contribution is -2.23. The van der Waals surface area contributed by atoms with Crippen LogP contribution in [0.2, 0.25) is 0 Å². The van der Waals surface area contributed by atoms with Crippen LogP contribution in [0.25, 0.3) is 6.08 Å². The number of benzene rings is 1. The summed E-state index contributed by atoms with van der Waals surface area (Å²) in [6.45, 7) is 0. The minimum atomic E-state index is -1.13. The third-order valence-corrected chi connectivity index (χ3v) is 3.58. The summed E-state index contributed by atoms with van der Waals surface area (Å²) in [5.41, 5.74) is 0.669. The molecule has 1 aromatic carbocycles. The second-order valence-corrected chi connectivity index (χ2v) is 4.97. The Balaban J connectivity index is 2.22. The van der Waals surface area contributed by atoms with Crippen molar-refractivity contribution in [1.29, 1.82) is 0 Å². The number of carbonyl (C=O) groups is 2. The molecule has 1 saturated carbocycles. The highest BCUT2D eigenvalue weighted by Gasteiger charge is 2.27. The molecule has 0 amide bonds. The molecule has 0 aromatic heterocycles. The van der Waals surface area contributed by atoms with Crippen LogP contribution in [-0.2, 0) is 9.59 Å². The highest BCUT2D eigenvalue weighted by Crippen LogP contribution is 2.27. The van der Waals surface area contributed by atoms with Gasteiger partial charge in [-0.25, -0.2) is 4.79 Å². The first kappa shape index (κ1) is 13.5. The highest BCUT2D eigenvalue weighted by atomic mass is 16.4. The van der Waals surface area contributed by atoms with Crippen LogP contribution in [0.3, 0.4) is 0 Å². The minimum Gasteiger partial charge on any atom is -0.478 e. The van der Waals surface area contributed by atoms with Crippen LogP contribution in [0.5, 0.6) is 0 Å². The van der Waals surface area contributed by atoms with Crippen molar-refractivity contribution in [3.05, 3.63) is 41.5 Å². The third-order valence-electron chi connectivity index (χ3n) is 3.58. The van der Waals surface area contributed by atoms with Gasteiger partial charge in [0.2, 0.25) is 0 Å². The molecule has 1 aliphatic rings. The standard InChI is InChI=1S/C16H18O3/c17-15(13-9-5-2-6-10-13)14(16(18)19)11-12-7-3-1-4-8-12/h1,3-4,7-8,11,13H,2,5-6,9-10H2,(H,18,19). The summed E-state index contributed by atoms with van der Waals surface area (Å²) >= 11 is 0. The van der Waals surface area contributed by atoms with Crippen molar-refractivity contribution in [2.45, 2.75) is 32.1 Å². The molecule has 100 valence electrons. The number of carboxylic acids is 1. The van der Waals surface area contributed by atoms with E-state index in [4.69, 9.17) is 0 Å². The molecule has 0 atom stereocenters. The van der Waals surface area contributed by atoms with Gasteiger partial charge in [-0.1, -0.05) is 49.6 Å². The van der Waals surface area contributed by atoms with Crippen molar-refractivity contribution in [3.8, 4) is 0 Å². The predicted molar refractivity (Wildman–Crippen MR) is 73.6 cm³/mol. The maximum atomic E-state index is 12.3. The molecule has 1 fully saturated rings. The Morgan fingerprint density at radius 2 is 1.68 bits per heavy atom. The average molecular weight is 258 g/mol. The molecule has 2 rings (SSSR count). The first-order valence-electron chi connectivity index (χ1n) is 6.73. The summed E-state index contributed by atoms with van der Waals surface area (Å²) in [6.07, 6.45) is 6.31. The molecular formula is C16H18O3. The van der Waals surface area contributed by atoms with E-state index < -0.39 is 5.97 Å². The number of aliphatic carboxylic acids is 1. The van der Waals surface area contributed by atoms with Gasteiger partial charge in [-0.3, -0.25) is 4.79 Å². The molecule has 0 heterocycles. The monoisotopic (exact) mass is 258 g/mol. The van der Waals surface area contributed by atoms with Gasteiger partial charge in [-0.15, -0.1) is 0 Å². The van der Waals surface area contributed by atoms with Crippen LogP contribution < -0.4 is 0 Å². The van der Waals surface area contributed by atoms with E-state index in [0.717, 1.165) is 37.7 Å². The number of rotatable bonds is 4. The Morgan fingerprint density at radius 3 is 2.26 bits per heavy atom. The Hall–Kier alpha value is -1.90. The normalized spacial score (nSPS) is 17.2. The minimum absolute atomic E-state index is 0.0851. The van der Waals surface area contributed by atoms with Crippen molar-refractivity contribution in [3.63, 3.8) is 0 Å². The summed E-state index contributed by atoms with van der Waals surface area (Å²) in [6, 6.07) is 9.13. The summed E-state index contributed by atoms with van der Waals surface area (Å²) in [5, 5.41) is 9.25. The number of ketones is 1. The van der Waals surface area contributed by atoms with E-state index in [-0.39, 0.29) is 17.3 Å². The molecule has 0 spiro atoms. The van der Waals surface area contributed by atoms with Crippen molar-refractivity contribution < 1.29 is 14.7 Å². The highest BCUT2D eigenvalue weighted by molar-refractivity contribution is 6.20. The van der Waals surface area contributed by atoms with Crippen LogP contribution in [0.1, 0.15) is 37.7 Å². The molecule has 0 saturated heterocycles. The number of hydrogen-bond acceptors (Lipinski definition) is 2. The second-order valence-electron chi connectivity index (χ2n) is 4.97. The van der Waals surface area contributed by atoms with E-state index in [0.29, 0.717) is 0 Å². The Bertz CT molecular complexity index is 482. The molecule has 1 N–H and O–H groups in total. The van der Waals surface area contributed by atoms with Gasteiger partial charge in [0, 0.05) is 5.92 Å². The molecule has 3 nitrogen and oxygen atoms in total. The number of Topliss-reactive ketones (excluding diaryl/α,β-unsaturated/α-hetero) is 1. The lowest BCUT2D eigenvalue weighted by atomic mass is 9.83. The number of carbonyl (C=O) groups excluding carboxylic acids is 1. The summed E-state index contributed by atoms with van der Waals surface area (Å²) in [5.74, 6) is -1.45. The lowest BCUT2D eigenvalue weighted by molar-refractivity contribution is -0.135. The Kier molecular flexibility index (Phi) is 4.50. The van der Waals surface area contributed by atoms with Gasteiger partial charge in [0.1, 0.15) is 5.57 Å². The van der Waals surface area contributed by atoms with Gasteiger partial charge < -0.3 is 5.11 Å². The zero-order valence-corrected chi connectivity index (χ0v) is 10.8. The second kappa shape index (κ2) is 6.32. The van der Waals surface area contributed by atoms with Crippen LogP contribution in [0, 0.1) is 5.92 Å². The van der Waals surface area contributed by atoms with E-state index in [1.54, 1.807) is 12.1 Å².